The first-order valence-corrected chi connectivity index (χ1v) is 8.07. The third-order valence-corrected chi connectivity index (χ3v) is 4.45. The summed E-state index contributed by atoms with van der Waals surface area (Å²) in [6.07, 6.45) is -1.17. The van der Waals surface area contributed by atoms with Gasteiger partial charge in [-0.1, -0.05) is 6.07 Å². The Labute approximate surface area is 160 Å². The number of nitrogens with one attached hydrogen (secondary N) is 1. The van der Waals surface area contributed by atoms with Gasteiger partial charge in [-0.25, -0.2) is 0 Å². The van der Waals surface area contributed by atoms with E-state index in [0.29, 0.717) is 18.8 Å². The van der Waals surface area contributed by atoms with E-state index >= 15 is 0 Å². The molecule has 2 aromatic rings. The van der Waals surface area contributed by atoms with Crippen molar-refractivity contribution >= 4 is 24.0 Å². The van der Waals surface area contributed by atoms with Crippen LogP contribution < -0.4 is 15.0 Å². The fourth-order valence-electron chi connectivity index (χ4n) is 3.19. The van der Waals surface area contributed by atoms with E-state index in [1.165, 1.54) is 23.1 Å². The molecular weight excluding hydrogens is 385 g/mol. The van der Waals surface area contributed by atoms with Crippen molar-refractivity contribution in [2.75, 3.05) is 25.0 Å². The Morgan fingerprint density at radius 3 is 2.74 bits per heavy atom. The van der Waals surface area contributed by atoms with Crippen molar-refractivity contribution in [3.8, 4) is 5.75 Å². The van der Waals surface area contributed by atoms with Crippen LogP contribution in [0.15, 0.2) is 36.7 Å². The molecule has 6 nitrogen and oxygen atoms in total. The summed E-state index contributed by atoms with van der Waals surface area (Å²) in [6, 6.07) is 5.39. The Morgan fingerprint density at radius 2 is 2.11 bits per heavy atom. The van der Waals surface area contributed by atoms with Crippen molar-refractivity contribution in [2.45, 2.75) is 12.3 Å². The van der Waals surface area contributed by atoms with Crippen LogP contribution in [0.5, 0.6) is 5.75 Å². The van der Waals surface area contributed by atoms with Gasteiger partial charge in [0.25, 0.3) is 0 Å². The Hall–Kier alpha value is -2.26. The summed E-state index contributed by atoms with van der Waals surface area (Å²) >= 11 is 0. The van der Waals surface area contributed by atoms with Crippen LogP contribution in [0.4, 0.5) is 18.9 Å². The molecule has 0 radical (unpaired) electrons. The average Bonchev–Trinajstić information content (AvgIpc) is 3.20. The van der Waals surface area contributed by atoms with Crippen molar-refractivity contribution in [3.05, 3.63) is 42.2 Å². The van der Waals surface area contributed by atoms with Crippen molar-refractivity contribution in [1.82, 2.24) is 15.1 Å². The quantitative estimate of drug-likeness (QED) is 0.851. The molecule has 148 valence electrons. The number of rotatable bonds is 4. The van der Waals surface area contributed by atoms with Crippen molar-refractivity contribution in [1.29, 1.82) is 0 Å². The molecule has 1 amide bonds. The van der Waals surface area contributed by atoms with Gasteiger partial charge in [0, 0.05) is 51.1 Å². The summed E-state index contributed by atoms with van der Waals surface area (Å²) in [4.78, 5) is 14.3. The van der Waals surface area contributed by atoms with Crippen LogP contribution in [0.25, 0.3) is 0 Å². The number of carbonyl (C=O) groups excluding carboxylic acids is 1. The van der Waals surface area contributed by atoms with E-state index in [2.05, 4.69) is 15.2 Å². The predicted molar refractivity (Wildman–Crippen MR) is 96.1 cm³/mol. The molecule has 0 saturated carbocycles. The van der Waals surface area contributed by atoms with Crippen LogP contribution in [-0.2, 0) is 11.8 Å². The number of hydrogen-bond acceptors (Lipinski definition) is 4. The van der Waals surface area contributed by atoms with Crippen molar-refractivity contribution in [3.63, 3.8) is 0 Å². The standard InChI is InChI=1S/C17H19F3N4O2.ClH/c1-23-10-11(7-22-23)14-8-21-9-15(14)16(25)24(2)12-4-3-5-13(6-12)26-17(18,19)20;/h3-7,10,14-15,21H,8-9H2,1-2H3;1H/t14-,15+;/m1./s1. The van der Waals surface area contributed by atoms with Gasteiger partial charge in [0.2, 0.25) is 5.91 Å². The molecule has 1 N–H and O–H groups in total. The number of halogens is 4. The van der Waals surface area contributed by atoms with Gasteiger partial charge in [0.1, 0.15) is 5.75 Å². The minimum atomic E-state index is -4.78. The highest BCUT2D eigenvalue weighted by Crippen LogP contribution is 2.32. The van der Waals surface area contributed by atoms with Gasteiger partial charge < -0.3 is 15.0 Å². The van der Waals surface area contributed by atoms with Crippen LogP contribution in [0, 0.1) is 5.92 Å². The second kappa shape index (κ2) is 8.18. The largest absolute Gasteiger partial charge is 0.573 e. The molecule has 1 saturated heterocycles. The first-order chi connectivity index (χ1) is 12.2. The second-order valence-corrected chi connectivity index (χ2v) is 6.26. The third kappa shape index (κ3) is 4.92. The average molecular weight is 405 g/mol. The maximum absolute atomic E-state index is 12.9. The maximum atomic E-state index is 12.9. The lowest BCUT2D eigenvalue weighted by molar-refractivity contribution is -0.274. The van der Waals surface area contributed by atoms with Gasteiger partial charge in [-0.15, -0.1) is 25.6 Å². The van der Waals surface area contributed by atoms with E-state index in [1.807, 2.05) is 6.20 Å². The van der Waals surface area contributed by atoms with E-state index in [9.17, 15) is 18.0 Å². The first kappa shape index (κ1) is 21.0. The van der Waals surface area contributed by atoms with Gasteiger partial charge in [0.15, 0.2) is 0 Å². The van der Waals surface area contributed by atoms with E-state index in [4.69, 9.17) is 0 Å². The summed E-state index contributed by atoms with van der Waals surface area (Å²) in [5.74, 6) is -0.888. The second-order valence-electron chi connectivity index (χ2n) is 6.26. The lowest BCUT2D eigenvalue weighted by atomic mass is 9.90. The van der Waals surface area contributed by atoms with Crippen molar-refractivity contribution < 1.29 is 22.7 Å². The molecule has 1 fully saturated rings. The van der Waals surface area contributed by atoms with Crippen LogP contribution in [-0.4, -0.2) is 42.2 Å². The highest BCUT2D eigenvalue weighted by Gasteiger charge is 2.37. The number of ether oxygens (including phenoxy) is 1. The molecule has 1 aromatic carbocycles. The molecule has 3 rings (SSSR count). The van der Waals surface area contributed by atoms with E-state index in [0.717, 1.165) is 5.56 Å². The number of aryl methyl sites for hydroxylation is 1. The summed E-state index contributed by atoms with van der Waals surface area (Å²) in [5.41, 5.74) is 1.30. The minimum Gasteiger partial charge on any atom is -0.406 e. The molecule has 1 aliphatic heterocycles. The molecule has 1 aliphatic rings. The van der Waals surface area contributed by atoms with E-state index < -0.39 is 6.36 Å². The number of anilines is 1. The van der Waals surface area contributed by atoms with Crippen LogP contribution >= 0.6 is 12.4 Å². The van der Waals surface area contributed by atoms with Crippen LogP contribution in [0.1, 0.15) is 11.5 Å². The van der Waals surface area contributed by atoms with Gasteiger partial charge in [-0.05, 0) is 17.7 Å². The molecule has 1 aromatic heterocycles. The molecule has 0 aliphatic carbocycles. The molecule has 2 atom stereocenters. The van der Waals surface area contributed by atoms with Gasteiger partial charge in [-0.3, -0.25) is 9.48 Å². The lowest BCUT2D eigenvalue weighted by Crippen LogP contribution is -2.36. The van der Waals surface area contributed by atoms with Crippen molar-refractivity contribution in [2.24, 2.45) is 13.0 Å². The van der Waals surface area contributed by atoms with Gasteiger partial charge in [-0.2, -0.15) is 5.10 Å². The summed E-state index contributed by atoms with van der Waals surface area (Å²) in [5, 5.41) is 7.35. The fraction of sp³-hybridized carbons (Fsp3) is 0.412. The number of aromatic nitrogens is 2. The Kier molecular flexibility index (Phi) is 6.38. The first-order valence-electron chi connectivity index (χ1n) is 8.07. The minimum absolute atomic E-state index is 0. The Bertz CT molecular complexity index is 796. The highest BCUT2D eigenvalue weighted by atomic mass is 35.5. The number of carbonyl (C=O) groups is 1. The fourth-order valence-corrected chi connectivity index (χ4v) is 3.19. The lowest BCUT2D eigenvalue weighted by Gasteiger charge is -2.24. The predicted octanol–water partition coefficient (Wildman–Crippen LogP) is 2.71. The number of alkyl halides is 3. The van der Waals surface area contributed by atoms with Gasteiger partial charge in [0.05, 0.1) is 12.1 Å². The van der Waals surface area contributed by atoms with E-state index in [-0.39, 0.29) is 35.9 Å². The molecule has 0 unspecified atom stereocenters. The zero-order chi connectivity index (χ0) is 18.9. The smallest absolute Gasteiger partial charge is 0.406 e. The third-order valence-electron chi connectivity index (χ3n) is 4.45. The number of hydrogen-bond donors (Lipinski definition) is 1. The highest BCUT2D eigenvalue weighted by molar-refractivity contribution is 5.95. The number of benzene rings is 1. The van der Waals surface area contributed by atoms with Gasteiger partial charge >= 0.3 is 6.36 Å². The number of amides is 1. The molecule has 10 heteroatoms. The molecular formula is C17H20ClF3N4O2. The van der Waals surface area contributed by atoms with Crippen LogP contribution in [0.3, 0.4) is 0 Å². The molecule has 0 bridgehead atoms. The number of nitrogens with zero attached hydrogens (tertiary/aromatic N) is 3. The van der Waals surface area contributed by atoms with E-state index in [1.54, 1.807) is 31.0 Å². The zero-order valence-electron chi connectivity index (χ0n) is 14.7. The molecule has 27 heavy (non-hydrogen) atoms. The Balaban J connectivity index is 0.00000261. The molecule has 0 spiro atoms. The summed E-state index contributed by atoms with van der Waals surface area (Å²) in [6.45, 7) is 1.15. The monoisotopic (exact) mass is 404 g/mol. The van der Waals surface area contributed by atoms with Crippen LogP contribution in [0.2, 0.25) is 0 Å². The SMILES string of the molecule is CN(C(=O)[C@H]1CNC[C@@H]1c1cnn(C)c1)c1cccc(OC(F)(F)F)c1.Cl. The Morgan fingerprint density at radius 1 is 1.37 bits per heavy atom. The zero-order valence-corrected chi connectivity index (χ0v) is 15.5. The molecule has 2 heterocycles. The maximum Gasteiger partial charge on any atom is 0.573 e. The topological polar surface area (TPSA) is 59.4 Å². The summed E-state index contributed by atoms with van der Waals surface area (Å²) < 4.78 is 42.8. The normalized spacial score (nSPS) is 19.4. The summed E-state index contributed by atoms with van der Waals surface area (Å²) in [7, 11) is 3.36.